The van der Waals surface area contributed by atoms with Gasteiger partial charge in [0.15, 0.2) is 0 Å². The number of nitrogens with zero attached hydrogens (tertiary/aromatic N) is 1. The molecule has 1 aliphatic rings. The standard InChI is InChI=1S/C14H13F6NO2/c15-13(16,17)11-3-1-9(2-4-11)10-5-7-21(8-6-10)14(18,19)12(22)23-20/h1-4,10H,5-8H2. The van der Waals surface area contributed by atoms with E-state index in [2.05, 4.69) is 4.94 Å². The Morgan fingerprint density at radius 3 is 2.00 bits per heavy atom. The van der Waals surface area contributed by atoms with Crippen molar-refractivity contribution < 1.29 is 36.2 Å². The maximum Gasteiger partial charge on any atom is 0.434 e. The molecule has 0 unspecified atom stereocenters. The van der Waals surface area contributed by atoms with Crippen molar-refractivity contribution in [3.8, 4) is 0 Å². The van der Waals surface area contributed by atoms with E-state index in [1.807, 2.05) is 0 Å². The van der Waals surface area contributed by atoms with Gasteiger partial charge in [-0.25, -0.2) is 14.6 Å². The van der Waals surface area contributed by atoms with E-state index in [0.717, 1.165) is 12.1 Å². The minimum absolute atomic E-state index is 0.201. The van der Waals surface area contributed by atoms with Gasteiger partial charge >= 0.3 is 18.2 Å². The molecule has 1 aliphatic heterocycles. The van der Waals surface area contributed by atoms with Crippen LogP contribution in [0.4, 0.5) is 26.5 Å². The van der Waals surface area contributed by atoms with Gasteiger partial charge in [0.25, 0.3) is 0 Å². The summed E-state index contributed by atoms with van der Waals surface area (Å²) in [5, 5.41) is 0. The highest BCUT2D eigenvalue weighted by Crippen LogP contribution is 2.35. The normalized spacial score (nSPS) is 18.0. The highest BCUT2D eigenvalue weighted by atomic mass is 19.4. The van der Waals surface area contributed by atoms with Crippen LogP contribution in [0.15, 0.2) is 24.3 Å². The molecule has 128 valence electrons. The van der Waals surface area contributed by atoms with Gasteiger partial charge in [-0.05, 0) is 36.5 Å². The van der Waals surface area contributed by atoms with Crippen LogP contribution < -0.4 is 0 Å². The summed E-state index contributed by atoms with van der Waals surface area (Å²) >= 11 is 0. The number of hydrogen-bond donors (Lipinski definition) is 0. The lowest BCUT2D eigenvalue weighted by Crippen LogP contribution is -2.51. The smallest absolute Gasteiger partial charge is 0.246 e. The van der Waals surface area contributed by atoms with E-state index in [1.165, 1.54) is 12.1 Å². The third-order valence-electron chi connectivity index (χ3n) is 3.92. The van der Waals surface area contributed by atoms with Crippen molar-refractivity contribution in [3.63, 3.8) is 0 Å². The van der Waals surface area contributed by atoms with Crippen molar-refractivity contribution in [1.82, 2.24) is 4.90 Å². The Balaban J connectivity index is 2.01. The molecular formula is C14H13F6NO2. The lowest BCUT2D eigenvalue weighted by molar-refractivity contribution is -0.238. The highest BCUT2D eigenvalue weighted by molar-refractivity contribution is 5.76. The van der Waals surface area contributed by atoms with Gasteiger partial charge < -0.3 is 0 Å². The molecule has 1 heterocycles. The number of hydrogen-bond acceptors (Lipinski definition) is 3. The molecule has 9 heteroatoms. The molecule has 0 N–H and O–H groups in total. The average Bonchev–Trinajstić information content (AvgIpc) is 2.53. The summed E-state index contributed by atoms with van der Waals surface area (Å²) in [7, 11) is 0. The molecule has 0 spiro atoms. The van der Waals surface area contributed by atoms with E-state index in [0.29, 0.717) is 10.5 Å². The molecule has 0 bridgehead atoms. The fourth-order valence-electron chi connectivity index (χ4n) is 2.61. The summed E-state index contributed by atoms with van der Waals surface area (Å²) in [6, 6.07) is 0.460. The van der Waals surface area contributed by atoms with Crippen LogP contribution in [0.2, 0.25) is 0 Å². The summed E-state index contributed by atoms with van der Waals surface area (Å²) in [5.74, 6) is -2.48. The Morgan fingerprint density at radius 2 is 1.57 bits per heavy atom. The first-order valence-electron chi connectivity index (χ1n) is 6.79. The largest absolute Gasteiger partial charge is 0.434 e. The van der Waals surface area contributed by atoms with Crippen LogP contribution in [0.25, 0.3) is 0 Å². The number of likely N-dealkylation sites (tertiary alicyclic amines) is 1. The Kier molecular flexibility index (Phi) is 4.88. The second-order valence-electron chi connectivity index (χ2n) is 5.29. The number of halogens is 6. The Labute approximate surface area is 127 Å². The van der Waals surface area contributed by atoms with Crippen molar-refractivity contribution in [2.45, 2.75) is 31.0 Å². The van der Waals surface area contributed by atoms with Gasteiger partial charge in [-0.2, -0.15) is 22.0 Å². The van der Waals surface area contributed by atoms with Gasteiger partial charge in [0.1, 0.15) is 0 Å². The molecular weight excluding hydrogens is 328 g/mol. The maximum absolute atomic E-state index is 13.5. The van der Waals surface area contributed by atoms with Crippen LogP contribution in [0.3, 0.4) is 0 Å². The van der Waals surface area contributed by atoms with Crippen LogP contribution in [-0.2, 0) is 15.9 Å². The summed E-state index contributed by atoms with van der Waals surface area (Å²) in [4.78, 5) is 13.8. The molecule has 3 nitrogen and oxygen atoms in total. The van der Waals surface area contributed by atoms with Crippen molar-refractivity contribution in [3.05, 3.63) is 35.4 Å². The Hall–Kier alpha value is -1.77. The molecule has 0 atom stereocenters. The van der Waals surface area contributed by atoms with Crippen LogP contribution in [-0.4, -0.2) is 30.0 Å². The number of carbonyl (C=O) groups excluding carboxylic acids is 1. The van der Waals surface area contributed by atoms with E-state index in [4.69, 9.17) is 0 Å². The first-order valence-corrected chi connectivity index (χ1v) is 6.79. The molecule has 2 rings (SSSR count). The number of carbonyl (C=O) groups is 1. The van der Waals surface area contributed by atoms with E-state index in [-0.39, 0.29) is 31.8 Å². The summed E-state index contributed by atoms with van der Waals surface area (Å²) in [6.45, 7) is -0.401. The number of alkyl halides is 5. The third kappa shape index (κ3) is 3.77. The maximum atomic E-state index is 13.5. The number of piperidine rings is 1. The minimum Gasteiger partial charge on any atom is -0.246 e. The zero-order valence-electron chi connectivity index (χ0n) is 11.7. The lowest BCUT2D eigenvalue weighted by Gasteiger charge is -2.35. The van der Waals surface area contributed by atoms with Gasteiger partial charge in [0.2, 0.25) is 0 Å². The quantitative estimate of drug-likeness (QED) is 0.617. The molecule has 0 aliphatic carbocycles. The van der Waals surface area contributed by atoms with Gasteiger partial charge in [-0.3, -0.25) is 0 Å². The SMILES string of the molecule is O=C(OF)C(F)(F)N1CCC(c2ccc(C(F)(F)F)cc2)CC1. The molecule has 1 fully saturated rings. The monoisotopic (exact) mass is 341 g/mol. The highest BCUT2D eigenvalue weighted by Gasteiger charge is 2.49. The first kappa shape index (κ1) is 17.6. The number of rotatable bonds is 3. The molecule has 0 saturated carbocycles. The van der Waals surface area contributed by atoms with E-state index >= 15 is 0 Å². The van der Waals surface area contributed by atoms with Gasteiger partial charge in [0.05, 0.1) is 5.56 Å². The van der Waals surface area contributed by atoms with Crippen molar-refractivity contribution >= 4 is 5.97 Å². The molecule has 1 aromatic carbocycles. The fraction of sp³-hybridized carbons (Fsp3) is 0.500. The minimum atomic E-state index is -4.43. The average molecular weight is 341 g/mol. The van der Waals surface area contributed by atoms with Gasteiger partial charge in [-0.15, -0.1) is 0 Å². The van der Waals surface area contributed by atoms with Crippen LogP contribution in [0, 0.1) is 0 Å². The molecule has 0 aromatic heterocycles. The topological polar surface area (TPSA) is 29.5 Å². The summed E-state index contributed by atoms with van der Waals surface area (Å²) < 4.78 is 76.1. The van der Waals surface area contributed by atoms with Crippen LogP contribution in [0.1, 0.15) is 29.9 Å². The lowest BCUT2D eigenvalue weighted by atomic mass is 9.89. The van der Waals surface area contributed by atoms with E-state index < -0.39 is 23.8 Å². The molecule has 0 radical (unpaired) electrons. The molecule has 1 aromatic rings. The second-order valence-corrected chi connectivity index (χ2v) is 5.29. The molecule has 0 amide bonds. The Morgan fingerprint density at radius 1 is 1.04 bits per heavy atom. The van der Waals surface area contributed by atoms with Crippen LogP contribution >= 0.6 is 0 Å². The molecule has 23 heavy (non-hydrogen) atoms. The number of benzene rings is 1. The molecule has 1 saturated heterocycles. The zero-order chi connectivity index (χ0) is 17.3. The Bertz CT molecular complexity index is 549. The predicted octanol–water partition coefficient (Wildman–Crippen LogP) is 3.91. The van der Waals surface area contributed by atoms with Gasteiger partial charge in [0, 0.05) is 17.6 Å². The zero-order valence-corrected chi connectivity index (χ0v) is 11.7. The van der Waals surface area contributed by atoms with E-state index in [1.54, 1.807) is 0 Å². The third-order valence-corrected chi connectivity index (χ3v) is 3.92. The summed E-state index contributed by atoms with van der Waals surface area (Å²) in [5.41, 5.74) is -0.176. The second kappa shape index (κ2) is 6.38. The fourth-order valence-corrected chi connectivity index (χ4v) is 2.61. The van der Waals surface area contributed by atoms with Crippen molar-refractivity contribution in [2.24, 2.45) is 0 Å². The van der Waals surface area contributed by atoms with Gasteiger partial charge in [-0.1, -0.05) is 12.1 Å². The van der Waals surface area contributed by atoms with E-state index in [9.17, 15) is 31.3 Å². The first-order chi connectivity index (χ1) is 10.7. The summed E-state index contributed by atoms with van der Waals surface area (Å²) in [6.07, 6.45) is -4.02. The van der Waals surface area contributed by atoms with Crippen LogP contribution in [0.5, 0.6) is 0 Å². The van der Waals surface area contributed by atoms with Crippen molar-refractivity contribution in [2.75, 3.05) is 13.1 Å². The predicted molar refractivity (Wildman–Crippen MR) is 67.1 cm³/mol. The van der Waals surface area contributed by atoms with Crippen molar-refractivity contribution in [1.29, 1.82) is 0 Å².